The third-order valence-corrected chi connectivity index (χ3v) is 5.98. The number of urea groups is 1. The molecule has 0 N–H and O–H groups in total. The van der Waals surface area contributed by atoms with E-state index in [1.807, 2.05) is 0 Å². The molecule has 1 aliphatic carbocycles. The molecule has 25 heavy (non-hydrogen) atoms. The van der Waals surface area contributed by atoms with Gasteiger partial charge in [0.25, 0.3) is 5.91 Å². The molecule has 0 aromatic carbocycles. The Labute approximate surface area is 149 Å². The fourth-order valence-corrected chi connectivity index (χ4v) is 4.42. The molecule has 0 aromatic heterocycles. The van der Waals surface area contributed by atoms with Crippen LogP contribution in [-0.4, -0.2) is 77.5 Å². The van der Waals surface area contributed by atoms with E-state index in [0.717, 1.165) is 56.6 Å². The zero-order valence-corrected chi connectivity index (χ0v) is 15.3. The molecular weight excluding hydrogens is 322 g/mol. The zero-order valence-electron chi connectivity index (χ0n) is 15.3. The van der Waals surface area contributed by atoms with E-state index in [0.29, 0.717) is 12.8 Å². The number of rotatable bonds is 4. The summed E-state index contributed by atoms with van der Waals surface area (Å²) in [6, 6.07) is -0.373. The van der Waals surface area contributed by atoms with Crippen LogP contribution in [0, 0.1) is 0 Å². The Balaban J connectivity index is 1.61. The molecule has 140 valence electrons. The number of nitrogens with zero attached hydrogens (tertiary/aromatic N) is 3. The number of hydrogen-bond acceptors (Lipinski definition) is 5. The van der Waals surface area contributed by atoms with Crippen LogP contribution >= 0.6 is 0 Å². The summed E-state index contributed by atoms with van der Waals surface area (Å²) in [5.41, 5.74) is -0.737. The van der Waals surface area contributed by atoms with Crippen LogP contribution in [-0.2, 0) is 14.3 Å². The van der Waals surface area contributed by atoms with Gasteiger partial charge in [-0.25, -0.2) is 4.79 Å². The van der Waals surface area contributed by atoms with Gasteiger partial charge in [0.2, 0.25) is 0 Å². The number of piperidine rings is 1. The van der Waals surface area contributed by atoms with Crippen molar-refractivity contribution in [1.82, 2.24) is 14.7 Å². The molecule has 0 bridgehead atoms. The van der Waals surface area contributed by atoms with E-state index in [1.54, 1.807) is 11.9 Å². The van der Waals surface area contributed by atoms with E-state index in [9.17, 15) is 14.4 Å². The van der Waals surface area contributed by atoms with Gasteiger partial charge in [-0.15, -0.1) is 0 Å². The number of ether oxygens (including phenoxy) is 1. The summed E-state index contributed by atoms with van der Waals surface area (Å²) in [5, 5.41) is 0. The summed E-state index contributed by atoms with van der Waals surface area (Å²) >= 11 is 0. The van der Waals surface area contributed by atoms with Gasteiger partial charge in [-0.2, -0.15) is 0 Å². The molecule has 1 atom stereocenters. The minimum atomic E-state index is -0.737. The van der Waals surface area contributed by atoms with E-state index in [-0.39, 0.29) is 24.6 Å². The first kappa shape index (κ1) is 18.2. The Morgan fingerprint density at radius 3 is 2.60 bits per heavy atom. The highest BCUT2D eigenvalue weighted by molar-refractivity contribution is 6.08. The molecule has 3 rings (SSSR count). The van der Waals surface area contributed by atoms with Crippen molar-refractivity contribution in [2.45, 2.75) is 63.5 Å². The first-order valence-electron chi connectivity index (χ1n) is 9.49. The van der Waals surface area contributed by atoms with E-state index in [2.05, 4.69) is 11.8 Å². The second kappa shape index (κ2) is 7.32. The number of imide groups is 1. The molecule has 2 heterocycles. The van der Waals surface area contributed by atoms with Crippen molar-refractivity contribution in [2.75, 3.05) is 33.2 Å². The average molecular weight is 351 g/mol. The summed E-state index contributed by atoms with van der Waals surface area (Å²) in [7, 11) is 1.68. The topological polar surface area (TPSA) is 70.2 Å². The van der Waals surface area contributed by atoms with Crippen molar-refractivity contribution in [2.24, 2.45) is 0 Å². The van der Waals surface area contributed by atoms with Crippen LogP contribution in [0.25, 0.3) is 0 Å². The molecule has 3 fully saturated rings. The SMILES string of the molecule is CCN1CCCC(OC(=O)CN2C(=O)N(C)C3(CCCCC3)C2=O)C1. The fraction of sp³-hybridized carbons (Fsp3) is 0.833. The lowest BCUT2D eigenvalue weighted by Gasteiger charge is -2.35. The first-order chi connectivity index (χ1) is 12.0. The summed E-state index contributed by atoms with van der Waals surface area (Å²) in [4.78, 5) is 42.6. The summed E-state index contributed by atoms with van der Waals surface area (Å²) in [6.07, 6.45) is 6.05. The molecule has 7 nitrogen and oxygen atoms in total. The Hall–Kier alpha value is -1.63. The summed E-state index contributed by atoms with van der Waals surface area (Å²) < 4.78 is 5.55. The highest BCUT2D eigenvalue weighted by atomic mass is 16.5. The van der Waals surface area contributed by atoms with Gasteiger partial charge < -0.3 is 9.64 Å². The molecule has 1 spiro atoms. The summed E-state index contributed by atoms with van der Waals surface area (Å²) in [6.45, 7) is 4.51. The minimum absolute atomic E-state index is 0.143. The van der Waals surface area contributed by atoms with Gasteiger partial charge in [-0.3, -0.25) is 19.4 Å². The fourth-order valence-electron chi connectivity index (χ4n) is 4.42. The van der Waals surface area contributed by atoms with Crippen molar-refractivity contribution in [3.63, 3.8) is 0 Å². The van der Waals surface area contributed by atoms with Crippen molar-refractivity contribution >= 4 is 17.9 Å². The molecule has 1 saturated carbocycles. The maximum atomic E-state index is 12.9. The number of carbonyl (C=O) groups is 3. The molecule has 0 aromatic rings. The molecular formula is C18H29N3O4. The third-order valence-electron chi connectivity index (χ3n) is 5.98. The highest BCUT2D eigenvalue weighted by Gasteiger charge is 2.56. The lowest BCUT2D eigenvalue weighted by molar-refractivity contribution is -0.154. The predicted octanol–water partition coefficient (Wildman–Crippen LogP) is 1.61. The minimum Gasteiger partial charge on any atom is -0.460 e. The second-order valence-electron chi connectivity index (χ2n) is 7.47. The van der Waals surface area contributed by atoms with Gasteiger partial charge in [0.15, 0.2) is 0 Å². The number of esters is 1. The van der Waals surface area contributed by atoms with Gasteiger partial charge >= 0.3 is 12.0 Å². The number of likely N-dealkylation sites (N-methyl/N-ethyl adjacent to an activating group) is 2. The Bertz CT molecular complexity index is 544. The van der Waals surface area contributed by atoms with Gasteiger partial charge in [-0.1, -0.05) is 26.2 Å². The summed E-state index contributed by atoms with van der Waals surface area (Å²) in [5.74, 6) is -0.707. The largest absolute Gasteiger partial charge is 0.460 e. The molecule has 7 heteroatoms. The van der Waals surface area contributed by atoms with E-state index in [1.165, 1.54) is 0 Å². The molecule has 2 saturated heterocycles. The number of amides is 3. The smallest absolute Gasteiger partial charge is 0.327 e. The molecule has 2 aliphatic heterocycles. The average Bonchev–Trinajstić information content (AvgIpc) is 2.79. The van der Waals surface area contributed by atoms with Crippen molar-refractivity contribution in [3.05, 3.63) is 0 Å². The Morgan fingerprint density at radius 1 is 1.20 bits per heavy atom. The van der Waals surface area contributed by atoms with Crippen LogP contribution in [0.3, 0.4) is 0 Å². The predicted molar refractivity (Wildman–Crippen MR) is 91.9 cm³/mol. The van der Waals surface area contributed by atoms with Crippen LogP contribution in [0.1, 0.15) is 51.9 Å². The zero-order chi connectivity index (χ0) is 18.0. The maximum Gasteiger partial charge on any atom is 0.327 e. The number of likely N-dealkylation sites (tertiary alicyclic amines) is 1. The molecule has 0 radical (unpaired) electrons. The Kier molecular flexibility index (Phi) is 5.32. The molecule has 3 aliphatic rings. The van der Waals surface area contributed by atoms with Gasteiger partial charge in [-0.05, 0) is 38.8 Å². The van der Waals surface area contributed by atoms with Gasteiger partial charge in [0.05, 0.1) is 0 Å². The quantitative estimate of drug-likeness (QED) is 0.568. The van der Waals surface area contributed by atoms with Gasteiger partial charge in [0.1, 0.15) is 18.2 Å². The number of carbonyl (C=O) groups excluding carboxylic acids is 3. The maximum absolute atomic E-state index is 12.9. The van der Waals surface area contributed by atoms with Crippen LogP contribution in [0.2, 0.25) is 0 Å². The second-order valence-corrected chi connectivity index (χ2v) is 7.47. The standard InChI is InChI=1S/C18H29N3O4/c1-3-20-11-7-8-14(12-20)25-15(22)13-21-16(23)18(19(2)17(21)24)9-5-4-6-10-18/h14H,3-13H2,1-2H3. The van der Waals surface area contributed by atoms with E-state index < -0.39 is 11.5 Å². The van der Waals surface area contributed by atoms with Crippen LogP contribution in [0.15, 0.2) is 0 Å². The normalized spacial score (nSPS) is 27.2. The van der Waals surface area contributed by atoms with E-state index in [4.69, 9.17) is 4.74 Å². The van der Waals surface area contributed by atoms with Crippen LogP contribution < -0.4 is 0 Å². The van der Waals surface area contributed by atoms with Crippen LogP contribution in [0.4, 0.5) is 4.79 Å². The highest BCUT2D eigenvalue weighted by Crippen LogP contribution is 2.39. The third kappa shape index (κ3) is 3.38. The first-order valence-corrected chi connectivity index (χ1v) is 9.49. The van der Waals surface area contributed by atoms with Crippen molar-refractivity contribution in [3.8, 4) is 0 Å². The van der Waals surface area contributed by atoms with Gasteiger partial charge in [0, 0.05) is 13.6 Å². The lowest BCUT2D eigenvalue weighted by Crippen LogP contribution is -2.49. The van der Waals surface area contributed by atoms with Crippen molar-refractivity contribution < 1.29 is 19.1 Å². The van der Waals surface area contributed by atoms with Crippen LogP contribution in [0.5, 0.6) is 0 Å². The van der Waals surface area contributed by atoms with Crippen molar-refractivity contribution in [1.29, 1.82) is 0 Å². The monoisotopic (exact) mass is 351 g/mol. The van der Waals surface area contributed by atoms with E-state index >= 15 is 0 Å². The molecule has 3 amide bonds. The molecule has 1 unspecified atom stereocenters. The number of hydrogen-bond donors (Lipinski definition) is 0. The Morgan fingerprint density at radius 2 is 1.92 bits per heavy atom. The lowest BCUT2D eigenvalue weighted by atomic mass is 9.81.